The Morgan fingerprint density at radius 2 is 1.82 bits per heavy atom. The first kappa shape index (κ1) is 25.0. The molecule has 1 aliphatic carbocycles. The van der Waals surface area contributed by atoms with Gasteiger partial charge in [0.05, 0.1) is 23.8 Å². The summed E-state index contributed by atoms with van der Waals surface area (Å²) in [7, 11) is 0. The maximum atomic E-state index is 14.3. The summed E-state index contributed by atoms with van der Waals surface area (Å²) in [6, 6.07) is 17.9. The van der Waals surface area contributed by atoms with Crippen molar-refractivity contribution in [3.8, 4) is 11.3 Å². The van der Waals surface area contributed by atoms with E-state index in [0.717, 1.165) is 22.1 Å². The Hall–Kier alpha value is -4.31. The number of fused-ring (bicyclic) bond motifs is 2. The van der Waals surface area contributed by atoms with E-state index in [2.05, 4.69) is 21.2 Å². The lowest BCUT2D eigenvalue weighted by Gasteiger charge is -2.47. The minimum absolute atomic E-state index is 0.182. The number of anilines is 1. The topological polar surface area (TPSA) is 105 Å². The number of amides is 2. The summed E-state index contributed by atoms with van der Waals surface area (Å²) in [6.07, 6.45) is -0.0959. The number of ether oxygens (including phenoxy) is 1. The molecule has 198 valence electrons. The highest BCUT2D eigenvalue weighted by Crippen LogP contribution is 2.55. The maximum Gasteiger partial charge on any atom is 0.425 e. The molecule has 0 spiro atoms. The fraction of sp³-hybridized carbons (Fsp3) is 0.241. The van der Waals surface area contributed by atoms with Crippen molar-refractivity contribution >= 4 is 45.1 Å². The molecule has 2 amide bonds. The Morgan fingerprint density at radius 3 is 2.62 bits per heavy atom. The molecule has 0 saturated carbocycles. The van der Waals surface area contributed by atoms with Crippen molar-refractivity contribution < 1.29 is 18.7 Å². The molecule has 3 heterocycles. The van der Waals surface area contributed by atoms with Gasteiger partial charge in [-0.15, -0.1) is 11.3 Å². The zero-order chi connectivity index (χ0) is 27.1. The average Bonchev–Trinajstić information content (AvgIpc) is 3.41. The lowest BCUT2D eigenvalue weighted by Crippen LogP contribution is -2.53. The van der Waals surface area contributed by atoms with E-state index in [0.29, 0.717) is 28.5 Å². The molecule has 2 bridgehead atoms. The number of nitrogens with zero attached hydrogens (tertiary/aromatic N) is 2. The monoisotopic (exact) mass is 543 g/mol. The van der Waals surface area contributed by atoms with Crippen LogP contribution in [0.3, 0.4) is 0 Å². The van der Waals surface area contributed by atoms with Gasteiger partial charge in [-0.1, -0.05) is 48.5 Å². The summed E-state index contributed by atoms with van der Waals surface area (Å²) >= 11 is 1.32. The molecule has 3 aromatic carbocycles. The largest absolute Gasteiger partial charge is 0.449 e. The highest BCUT2D eigenvalue weighted by atomic mass is 32.1. The third-order valence-electron chi connectivity index (χ3n) is 7.45. The summed E-state index contributed by atoms with van der Waals surface area (Å²) in [5.41, 5.74) is 8.12. The molecule has 2 aliphatic heterocycles. The van der Waals surface area contributed by atoms with Crippen molar-refractivity contribution in [3.63, 3.8) is 0 Å². The van der Waals surface area contributed by atoms with E-state index in [1.54, 1.807) is 25.1 Å². The van der Waals surface area contributed by atoms with Crippen molar-refractivity contribution in [2.24, 2.45) is 10.4 Å². The van der Waals surface area contributed by atoms with Crippen LogP contribution in [0.5, 0.6) is 0 Å². The molecular formula is C29H26FN5O3S. The minimum atomic E-state index is -0.845. The van der Waals surface area contributed by atoms with Crippen molar-refractivity contribution in [2.75, 3.05) is 11.9 Å². The van der Waals surface area contributed by atoms with E-state index >= 15 is 0 Å². The van der Waals surface area contributed by atoms with Gasteiger partial charge in [0.2, 0.25) is 5.91 Å². The van der Waals surface area contributed by atoms with Gasteiger partial charge in [-0.05, 0) is 48.9 Å². The molecule has 1 aromatic heterocycles. The smallest absolute Gasteiger partial charge is 0.425 e. The van der Waals surface area contributed by atoms with Gasteiger partial charge in [-0.3, -0.25) is 15.2 Å². The lowest BCUT2D eigenvalue weighted by molar-refractivity contribution is -0.127. The Morgan fingerprint density at radius 1 is 1.08 bits per heavy atom. The van der Waals surface area contributed by atoms with Crippen molar-refractivity contribution in [3.05, 3.63) is 83.0 Å². The van der Waals surface area contributed by atoms with Crippen LogP contribution < -0.4 is 16.2 Å². The van der Waals surface area contributed by atoms with Gasteiger partial charge < -0.3 is 10.1 Å². The van der Waals surface area contributed by atoms with Crippen LogP contribution in [0.2, 0.25) is 0 Å². The van der Waals surface area contributed by atoms with Gasteiger partial charge in [-0.25, -0.2) is 19.6 Å². The number of aromatic nitrogens is 1. The normalized spacial score (nSPS) is 21.2. The molecule has 0 fully saturated rings. The molecule has 8 nitrogen and oxygen atoms in total. The second-order valence-corrected chi connectivity index (χ2v) is 10.7. The number of hydrogen-bond donors (Lipinski definition) is 3. The second-order valence-electron chi connectivity index (χ2n) is 9.82. The summed E-state index contributed by atoms with van der Waals surface area (Å²) in [5.74, 6) is -0.0818. The van der Waals surface area contributed by atoms with E-state index < -0.39 is 17.6 Å². The fourth-order valence-electron chi connectivity index (χ4n) is 5.55. The zero-order valence-electron chi connectivity index (χ0n) is 21.3. The van der Waals surface area contributed by atoms with Gasteiger partial charge in [0.15, 0.2) is 5.13 Å². The average molecular weight is 544 g/mol. The van der Waals surface area contributed by atoms with Gasteiger partial charge in [0.1, 0.15) is 11.7 Å². The highest BCUT2D eigenvalue weighted by Gasteiger charge is 2.53. The van der Waals surface area contributed by atoms with E-state index in [4.69, 9.17) is 9.73 Å². The molecule has 0 radical (unpaired) electrons. The number of rotatable bonds is 4. The lowest BCUT2D eigenvalue weighted by atomic mass is 9.62. The SMILES string of the molecule is CCOC(=O)NNC1=NC2c3ccccc3[C@@H]1C[C@]2(C)C(=O)Nc1nc(-c2ccc(F)c3ccccc23)cs1. The number of benzene rings is 3. The number of thiazole rings is 1. The van der Waals surface area contributed by atoms with Crippen LogP contribution in [0.15, 0.2) is 71.0 Å². The van der Waals surface area contributed by atoms with Crippen LogP contribution in [-0.2, 0) is 9.53 Å². The first-order valence-corrected chi connectivity index (χ1v) is 13.6. The van der Waals surface area contributed by atoms with E-state index in [-0.39, 0.29) is 24.2 Å². The number of aliphatic imine (C=N–C) groups is 1. The first-order valence-electron chi connectivity index (χ1n) is 12.7. The number of carbonyl (C=O) groups is 2. The summed E-state index contributed by atoms with van der Waals surface area (Å²) in [6.45, 7) is 3.90. The van der Waals surface area contributed by atoms with Gasteiger partial charge in [0, 0.05) is 22.2 Å². The Labute approximate surface area is 228 Å². The number of hydrazine groups is 1. The summed E-state index contributed by atoms with van der Waals surface area (Å²) in [4.78, 5) is 35.1. The molecule has 0 saturated heterocycles. The van der Waals surface area contributed by atoms with Crippen LogP contribution >= 0.6 is 11.3 Å². The Bertz CT molecular complexity index is 1640. The quantitative estimate of drug-likeness (QED) is 0.277. The molecule has 3 aliphatic rings. The fourth-order valence-corrected chi connectivity index (χ4v) is 6.26. The van der Waals surface area contributed by atoms with Crippen LogP contribution in [0.25, 0.3) is 22.0 Å². The van der Waals surface area contributed by atoms with Gasteiger partial charge >= 0.3 is 6.09 Å². The highest BCUT2D eigenvalue weighted by molar-refractivity contribution is 7.14. The molecule has 3 N–H and O–H groups in total. The molecule has 10 heteroatoms. The Balaban J connectivity index is 1.26. The predicted molar refractivity (Wildman–Crippen MR) is 149 cm³/mol. The number of carbonyl (C=O) groups excluding carboxylic acids is 2. The number of halogens is 1. The summed E-state index contributed by atoms with van der Waals surface area (Å²) < 4.78 is 19.3. The predicted octanol–water partition coefficient (Wildman–Crippen LogP) is 5.94. The molecular weight excluding hydrogens is 517 g/mol. The van der Waals surface area contributed by atoms with Crippen molar-refractivity contribution in [1.82, 2.24) is 15.8 Å². The van der Waals surface area contributed by atoms with Gasteiger partial charge in [-0.2, -0.15) is 0 Å². The molecule has 3 atom stereocenters. The third kappa shape index (κ3) is 4.30. The third-order valence-corrected chi connectivity index (χ3v) is 8.21. The van der Waals surface area contributed by atoms with Crippen molar-refractivity contribution in [1.29, 1.82) is 0 Å². The minimum Gasteiger partial charge on any atom is -0.449 e. The van der Waals surface area contributed by atoms with Crippen LogP contribution in [-0.4, -0.2) is 29.4 Å². The number of nitrogens with one attached hydrogen (secondary N) is 3. The maximum absolute atomic E-state index is 14.3. The second kappa shape index (κ2) is 9.77. The standard InChI is InChI=1S/C29H26FN5O3S/c1-3-38-28(37)35-34-25-21-14-29(2,24(32-25)20-11-7-5-9-17(20)21)26(36)33-27-31-23(15-39-27)19-12-13-22(30)18-10-6-4-8-16(18)19/h4-13,15,21,24H,3,14H2,1-2H3,(H,32,34)(H,35,37)(H,31,33,36)/t21-,24?,29-/m0/s1. The molecule has 39 heavy (non-hydrogen) atoms. The molecule has 1 unspecified atom stereocenters. The first-order chi connectivity index (χ1) is 18.9. The van der Waals surface area contributed by atoms with Crippen LogP contribution in [0.1, 0.15) is 43.4 Å². The number of hydrogen-bond acceptors (Lipinski definition) is 7. The van der Waals surface area contributed by atoms with Gasteiger partial charge in [0.25, 0.3) is 0 Å². The zero-order valence-corrected chi connectivity index (χ0v) is 22.1. The molecule has 7 rings (SSSR count). The van der Waals surface area contributed by atoms with Crippen molar-refractivity contribution in [2.45, 2.75) is 32.2 Å². The molecule has 4 aromatic rings. The van der Waals surface area contributed by atoms with E-state index in [1.807, 2.05) is 48.7 Å². The number of amidine groups is 1. The van der Waals surface area contributed by atoms with Crippen LogP contribution in [0, 0.1) is 11.2 Å². The van der Waals surface area contributed by atoms with E-state index in [9.17, 15) is 14.0 Å². The Kier molecular flexibility index (Phi) is 6.26. The van der Waals surface area contributed by atoms with E-state index in [1.165, 1.54) is 17.4 Å². The summed E-state index contributed by atoms with van der Waals surface area (Å²) in [5, 5.41) is 6.63. The van der Waals surface area contributed by atoms with Crippen LogP contribution in [0.4, 0.5) is 14.3 Å².